The second kappa shape index (κ2) is 29.2. The van der Waals surface area contributed by atoms with E-state index in [2.05, 4.69) is 90.1 Å². The van der Waals surface area contributed by atoms with Gasteiger partial charge in [0, 0.05) is 50.1 Å². The zero-order valence-electron chi connectivity index (χ0n) is 34.8. The van der Waals surface area contributed by atoms with Crippen molar-refractivity contribution < 1.29 is 28.7 Å². The van der Waals surface area contributed by atoms with Crippen molar-refractivity contribution in [2.45, 2.75) is 194 Å². The maximum absolute atomic E-state index is 10.7. The number of aryl methyl sites for hydroxylation is 2. The van der Waals surface area contributed by atoms with Crippen LogP contribution in [0, 0.1) is 0 Å². The van der Waals surface area contributed by atoms with Gasteiger partial charge in [0.05, 0.1) is 0 Å². The quantitative estimate of drug-likeness (QED) is 0.0428. The van der Waals surface area contributed by atoms with E-state index in [1.165, 1.54) is 125 Å². The fourth-order valence-corrected chi connectivity index (χ4v) is 7.74. The Kier molecular flexibility index (Phi) is 29.2. The fourth-order valence-electron chi connectivity index (χ4n) is 6.47. The average Bonchev–Trinajstić information content (AvgIpc) is 3.04. The van der Waals surface area contributed by atoms with Gasteiger partial charge in [0.2, 0.25) is 0 Å². The molecule has 0 spiro atoms. The topological polar surface area (TPSA) is 115 Å². The first-order valence-electron chi connectivity index (χ1n) is 20.6. The molecule has 4 N–H and O–H groups in total. The Morgan fingerprint density at radius 3 is 0.792 bits per heavy atom. The average molecular weight is 805 g/mol. The molecule has 53 heavy (non-hydrogen) atoms. The summed E-state index contributed by atoms with van der Waals surface area (Å²) in [6.45, 7) is 13.5. The van der Waals surface area contributed by atoms with Crippen LogP contribution in [0.4, 0.5) is 0 Å². The maximum atomic E-state index is 10.7. The summed E-state index contributed by atoms with van der Waals surface area (Å²) >= 11 is 0. The van der Waals surface area contributed by atoms with Crippen LogP contribution < -0.4 is 0 Å². The monoisotopic (exact) mass is 804 g/mol. The smallest absolute Gasteiger partial charge is 0.324 e. The van der Waals surface area contributed by atoms with E-state index in [0.717, 1.165) is 25.7 Å². The Bertz CT molecular complexity index is 1160. The summed E-state index contributed by atoms with van der Waals surface area (Å²) in [6.07, 6.45) is 25.8. The van der Waals surface area contributed by atoms with Crippen molar-refractivity contribution in [2.75, 3.05) is 12.3 Å². The molecule has 0 saturated carbocycles. The van der Waals surface area contributed by atoms with Gasteiger partial charge in [-0.05, 0) is 71.6 Å². The van der Waals surface area contributed by atoms with E-state index in [-0.39, 0.29) is 60.9 Å². The molecular weight excluding hydrogens is 727 g/mol. The van der Waals surface area contributed by atoms with Crippen LogP contribution in [0.15, 0.2) is 48.5 Å². The zero-order chi connectivity index (χ0) is 38.9. The molecule has 0 unspecified atom stereocenters. The molecule has 0 bridgehead atoms. The van der Waals surface area contributed by atoms with Gasteiger partial charge in [-0.15, -0.1) is 0 Å². The van der Waals surface area contributed by atoms with E-state index >= 15 is 0 Å². The van der Waals surface area contributed by atoms with Gasteiger partial charge in [0.1, 0.15) is 0 Å². The van der Waals surface area contributed by atoms with Crippen LogP contribution in [-0.4, -0.2) is 69.6 Å². The largest absolute Gasteiger partial charge is 0.325 e. The van der Waals surface area contributed by atoms with E-state index in [1.54, 1.807) is 0 Å². The van der Waals surface area contributed by atoms with Gasteiger partial charge in [-0.1, -0.05) is 193 Å². The predicted molar refractivity (Wildman–Crippen MR) is 230 cm³/mol. The number of unbranched alkanes of at least 4 members (excludes halogenated alkanes) is 18. The molecule has 302 valence electrons. The van der Waals surface area contributed by atoms with Gasteiger partial charge >= 0.3 is 15.2 Å². The predicted octanol–water partition coefficient (Wildman–Crippen LogP) is 12.8. The van der Waals surface area contributed by atoms with Crippen molar-refractivity contribution in [3.63, 3.8) is 0 Å². The second-order valence-electron chi connectivity index (χ2n) is 17.2. The van der Waals surface area contributed by atoms with Crippen LogP contribution in [0.25, 0.3) is 0 Å². The summed E-state index contributed by atoms with van der Waals surface area (Å²) in [5.41, 5.74) is 6.18. The van der Waals surface area contributed by atoms with Crippen molar-refractivity contribution in [3.05, 3.63) is 70.8 Å². The SMILES string of the molecule is CC(C)(C)c1ccc(CCCCCCCCCCCCP(=O)(O)O)cc1.CC(C)(C)c1ccc(CCCCCCCCCCCCP(=O)(O)O)cc1.[Ca]. The van der Waals surface area contributed by atoms with E-state index < -0.39 is 15.2 Å². The molecular formula is C44H78CaO6P2. The van der Waals surface area contributed by atoms with E-state index in [4.69, 9.17) is 19.6 Å². The Morgan fingerprint density at radius 2 is 0.585 bits per heavy atom. The van der Waals surface area contributed by atoms with Crippen LogP contribution in [0.2, 0.25) is 0 Å². The summed E-state index contributed by atoms with van der Waals surface area (Å²) in [5.74, 6) is 0. The molecule has 2 rings (SSSR count). The van der Waals surface area contributed by atoms with E-state index in [9.17, 15) is 9.13 Å². The molecule has 9 heteroatoms. The first-order valence-corrected chi connectivity index (χ1v) is 24.2. The van der Waals surface area contributed by atoms with Crippen molar-refractivity contribution in [1.29, 1.82) is 0 Å². The third kappa shape index (κ3) is 31.7. The van der Waals surface area contributed by atoms with Crippen LogP contribution in [0.1, 0.15) is 192 Å². The molecule has 6 nitrogen and oxygen atoms in total. The number of hydrogen-bond acceptors (Lipinski definition) is 2. The molecule has 2 aromatic rings. The minimum atomic E-state index is -3.78. The molecule has 0 saturated heterocycles. The number of benzene rings is 2. The first-order chi connectivity index (χ1) is 24.4. The van der Waals surface area contributed by atoms with Crippen LogP contribution >= 0.6 is 15.2 Å². The Morgan fingerprint density at radius 1 is 0.377 bits per heavy atom. The van der Waals surface area contributed by atoms with Gasteiger partial charge in [-0.3, -0.25) is 9.13 Å². The third-order valence-corrected chi connectivity index (χ3v) is 11.8. The van der Waals surface area contributed by atoms with Gasteiger partial charge in [-0.25, -0.2) is 0 Å². The molecule has 0 aliphatic rings. The number of rotatable bonds is 26. The van der Waals surface area contributed by atoms with Crippen molar-refractivity contribution in [1.82, 2.24) is 0 Å². The van der Waals surface area contributed by atoms with Gasteiger partial charge < -0.3 is 19.6 Å². The first kappa shape index (κ1) is 53.0. The van der Waals surface area contributed by atoms with Crippen LogP contribution in [-0.2, 0) is 32.8 Å². The molecule has 2 radical (unpaired) electrons. The molecule has 0 amide bonds. The molecule has 0 fully saturated rings. The summed E-state index contributed by atoms with van der Waals surface area (Å²) in [7, 11) is -7.55. The number of hydrogen-bond donors (Lipinski definition) is 4. The standard InChI is InChI=1S/2C22H39O3P.Ca/c2*1-22(2,3)21-17-15-20(16-18-21)14-12-10-8-6-4-5-7-9-11-13-19-26(23,24)25;/h2*15-18H,4-14,19H2,1-3H3,(H2,23,24,25);. The molecule has 2 aromatic carbocycles. The summed E-state index contributed by atoms with van der Waals surface area (Å²) in [4.78, 5) is 35.2. The summed E-state index contributed by atoms with van der Waals surface area (Å²) < 4.78 is 21.5. The zero-order valence-corrected chi connectivity index (χ0v) is 38.8. The van der Waals surface area contributed by atoms with Gasteiger partial charge in [0.25, 0.3) is 0 Å². The molecule has 0 aromatic heterocycles. The summed E-state index contributed by atoms with van der Waals surface area (Å²) in [6, 6.07) is 18.2. The Hall–Kier alpha value is -0.000260. The Balaban J connectivity index is 0.00000100. The summed E-state index contributed by atoms with van der Waals surface area (Å²) in [5, 5.41) is 0. The minimum absolute atomic E-state index is 0. The normalized spacial score (nSPS) is 12.3. The van der Waals surface area contributed by atoms with Gasteiger partial charge in [0.15, 0.2) is 0 Å². The van der Waals surface area contributed by atoms with Crippen molar-refractivity contribution in [3.8, 4) is 0 Å². The van der Waals surface area contributed by atoms with E-state index in [1.807, 2.05) is 0 Å². The third-order valence-electron chi connectivity index (χ3n) is 9.97. The molecule has 0 atom stereocenters. The van der Waals surface area contributed by atoms with Crippen LogP contribution in [0.5, 0.6) is 0 Å². The Labute approximate surface area is 355 Å². The van der Waals surface area contributed by atoms with Crippen LogP contribution in [0.3, 0.4) is 0 Å². The molecule has 0 heterocycles. The minimum Gasteiger partial charge on any atom is -0.324 e. The van der Waals surface area contributed by atoms with E-state index in [0.29, 0.717) is 12.8 Å². The second-order valence-corrected chi connectivity index (χ2v) is 20.8. The van der Waals surface area contributed by atoms with Crippen molar-refractivity contribution in [2.24, 2.45) is 0 Å². The molecule has 0 aliphatic carbocycles. The fraction of sp³-hybridized carbons (Fsp3) is 0.727. The maximum Gasteiger partial charge on any atom is 0.325 e. The van der Waals surface area contributed by atoms with Gasteiger partial charge in [-0.2, -0.15) is 0 Å². The molecule has 0 aliphatic heterocycles. The van der Waals surface area contributed by atoms with Crippen molar-refractivity contribution >= 4 is 52.9 Å².